The van der Waals surface area contributed by atoms with E-state index in [2.05, 4.69) is 33.1 Å². The number of unbranched alkanes of at least 4 members (excludes halogenated alkanes) is 1. The first kappa shape index (κ1) is 16.0. The van der Waals surface area contributed by atoms with Crippen molar-refractivity contribution in [1.82, 2.24) is 5.32 Å². The number of hydrogen-bond acceptors (Lipinski definition) is 1. The lowest BCUT2D eigenvalue weighted by molar-refractivity contribution is 0.170. The van der Waals surface area contributed by atoms with Crippen LogP contribution in [0.2, 0.25) is 0 Å². The van der Waals surface area contributed by atoms with E-state index in [0.29, 0.717) is 0 Å². The van der Waals surface area contributed by atoms with Crippen molar-refractivity contribution >= 4 is 0 Å². The van der Waals surface area contributed by atoms with Crippen LogP contribution in [-0.2, 0) is 0 Å². The maximum atomic E-state index is 3.58. The van der Waals surface area contributed by atoms with E-state index in [-0.39, 0.29) is 0 Å². The molecule has 4 atom stereocenters. The average Bonchev–Trinajstić information content (AvgIpc) is 2.43. The summed E-state index contributed by atoms with van der Waals surface area (Å²) in [6, 6.07) is 0.795. The van der Waals surface area contributed by atoms with Crippen LogP contribution in [-0.4, -0.2) is 13.1 Å². The third-order valence-corrected chi connectivity index (χ3v) is 5.22. The van der Waals surface area contributed by atoms with Crippen molar-refractivity contribution in [3.63, 3.8) is 0 Å². The molecule has 108 valence electrons. The molecule has 1 fully saturated rings. The van der Waals surface area contributed by atoms with E-state index in [1.165, 1.54) is 57.8 Å². The smallest absolute Gasteiger partial charge is 0.00926 e. The van der Waals surface area contributed by atoms with Gasteiger partial charge in [-0.05, 0) is 50.5 Å². The first-order valence-corrected chi connectivity index (χ1v) is 8.42. The molecule has 1 aliphatic carbocycles. The summed E-state index contributed by atoms with van der Waals surface area (Å²) < 4.78 is 0. The minimum absolute atomic E-state index is 0.795. The molecule has 1 heteroatoms. The topological polar surface area (TPSA) is 12.0 Å². The van der Waals surface area contributed by atoms with Gasteiger partial charge >= 0.3 is 0 Å². The molecule has 1 N–H and O–H groups in total. The van der Waals surface area contributed by atoms with Crippen LogP contribution >= 0.6 is 0 Å². The highest BCUT2D eigenvalue weighted by Gasteiger charge is 2.29. The van der Waals surface area contributed by atoms with Crippen LogP contribution in [0.25, 0.3) is 0 Å². The Balaban J connectivity index is 2.47. The van der Waals surface area contributed by atoms with Crippen LogP contribution in [0.1, 0.15) is 78.6 Å². The zero-order valence-corrected chi connectivity index (χ0v) is 13.2. The summed E-state index contributed by atoms with van der Waals surface area (Å²) in [4.78, 5) is 0. The highest BCUT2D eigenvalue weighted by atomic mass is 14.9. The Morgan fingerprint density at radius 2 is 1.94 bits per heavy atom. The van der Waals surface area contributed by atoms with Gasteiger partial charge in [0.1, 0.15) is 0 Å². The summed E-state index contributed by atoms with van der Waals surface area (Å²) in [6.07, 6.45) is 12.8. The van der Waals surface area contributed by atoms with Gasteiger partial charge < -0.3 is 5.32 Å². The van der Waals surface area contributed by atoms with Crippen molar-refractivity contribution in [2.24, 2.45) is 17.8 Å². The Labute approximate surface area is 115 Å². The predicted molar refractivity (Wildman–Crippen MR) is 81.9 cm³/mol. The predicted octanol–water partition coefficient (Wildman–Crippen LogP) is 5.01. The summed E-state index contributed by atoms with van der Waals surface area (Å²) in [7, 11) is 2.16. The van der Waals surface area contributed by atoms with Crippen LogP contribution < -0.4 is 5.32 Å². The molecule has 1 rings (SSSR count). The standard InChI is InChI=1S/C17H35N/c1-5-8-9-14(6-2)12-16-13-15(7-3)10-11-17(16)18-4/h14-18H,5-13H2,1-4H3. The lowest BCUT2D eigenvalue weighted by Crippen LogP contribution is -2.39. The van der Waals surface area contributed by atoms with E-state index in [1.807, 2.05) is 0 Å². The van der Waals surface area contributed by atoms with Crippen LogP contribution in [0.5, 0.6) is 0 Å². The molecule has 0 radical (unpaired) electrons. The second-order valence-corrected chi connectivity index (χ2v) is 6.39. The fourth-order valence-corrected chi connectivity index (χ4v) is 3.78. The highest BCUT2D eigenvalue weighted by molar-refractivity contribution is 4.85. The summed E-state index contributed by atoms with van der Waals surface area (Å²) in [5.74, 6) is 2.92. The molecule has 0 heterocycles. The average molecular weight is 253 g/mol. The van der Waals surface area contributed by atoms with Crippen molar-refractivity contribution in [2.45, 2.75) is 84.6 Å². The molecule has 1 saturated carbocycles. The molecule has 0 aliphatic heterocycles. The number of nitrogens with one attached hydrogen (secondary N) is 1. The first-order chi connectivity index (χ1) is 8.74. The van der Waals surface area contributed by atoms with E-state index in [9.17, 15) is 0 Å². The molecular weight excluding hydrogens is 218 g/mol. The molecule has 0 aromatic carbocycles. The maximum absolute atomic E-state index is 3.58. The van der Waals surface area contributed by atoms with Crippen LogP contribution in [0.3, 0.4) is 0 Å². The number of hydrogen-bond donors (Lipinski definition) is 1. The van der Waals surface area contributed by atoms with Crippen molar-refractivity contribution in [1.29, 1.82) is 0 Å². The first-order valence-electron chi connectivity index (χ1n) is 8.42. The second-order valence-electron chi connectivity index (χ2n) is 6.39. The van der Waals surface area contributed by atoms with Gasteiger partial charge in [0.15, 0.2) is 0 Å². The van der Waals surface area contributed by atoms with Gasteiger partial charge in [0.05, 0.1) is 0 Å². The fourth-order valence-electron chi connectivity index (χ4n) is 3.78. The van der Waals surface area contributed by atoms with Gasteiger partial charge in [-0.1, -0.05) is 52.9 Å². The van der Waals surface area contributed by atoms with Gasteiger partial charge in [-0.25, -0.2) is 0 Å². The Kier molecular flexibility index (Phi) is 7.97. The largest absolute Gasteiger partial charge is 0.317 e. The van der Waals surface area contributed by atoms with E-state index < -0.39 is 0 Å². The second kappa shape index (κ2) is 8.96. The Hall–Kier alpha value is -0.0400. The normalized spacial score (nSPS) is 30.3. The maximum Gasteiger partial charge on any atom is 0.00926 e. The van der Waals surface area contributed by atoms with E-state index in [4.69, 9.17) is 0 Å². The molecule has 0 aromatic heterocycles. The van der Waals surface area contributed by atoms with Gasteiger partial charge in [0.25, 0.3) is 0 Å². The molecule has 1 aliphatic rings. The van der Waals surface area contributed by atoms with Crippen molar-refractivity contribution in [2.75, 3.05) is 7.05 Å². The molecule has 1 nitrogen and oxygen atoms in total. The van der Waals surface area contributed by atoms with E-state index in [1.54, 1.807) is 0 Å². The quantitative estimate of drug-likeness (QED) is 0.641. The van der Waals surface area contributed by atoms with E-state index >= 15 is 0 Å². The lowest BCUT2D eigenvalue weighted by Gasteiger charge is -2.37. The molecular formula is C17H35N. The van der Waals surface area contributed by atoms with Gasteiger partial charge in [-0.15, -0.1) is 0 Å². The molecule has 0 saturated heterocycles. The summed E-state index contributed by atoms with van der Waals surface area (Å²) >= 11 is 0. The third kappa shape index (κ3) is 4.91. The minimum atomic E-state index is 0.795. The Bertz CT molecular complexity index is 202. The minimum Gasteiger partial charge on any atom is -0.317 e. The molecule has 0 bridgehead atoms. The van der Waals surface area contributed by atoms with Gasteiger partial charge in [-0.3, -0.25) is 0 Å². The Morgan fingerprint density at radius 3 is 2.50 bits per heavy atom. The summed E-state index contributed by atoms with van der Waals surface area (Å²) in [6.45, 7) is 7.07. The van der Waals surface area contributed by atoms with E-state index in [0.717, 1.165) is 23.8 Å². The third-order valence-electron chi connectivity index (χ3n) is 5.22. The molecule has 4 unspecified atom stereocenters. The summed E-state index contributed by atoms with van der Waals surface area (Å²) in [5, 5.41) is 3.58. The van der Waals surface area contributed by atoms with Crippen molar-refractivity contribution in [3.05, 3.63) is 0 Å². The molecule has 0 spiro atoms. The molecule has 18 heavy (non-hydrogen) atoms. The monoisotopic (exact) mass is 253 g/mol. The number of rotatable bonds is 8. The Morgan fingerprint density at radius 1 is 1.17 bits per heavy atom. The highest BCUT2D eigenvalue weighted by Crippen LogP contribution is 2.36. The van der Waals surface area contributed by atoms with Gasteiger partial charge in [0, 0.05) is 6.04 Å². The van der Waals surface area contributed by atoms with Crippen LogP contribution in [0.15, 0.2) is 0 Å². The van der Waals surface area contributed by atoms with Crippen molar-refractivity contribution in [3.8, 4) is 0 Å². The van der Waals surface area contributed by atoms with Crippen LogP contribution in [0, 0.1) is 17.8 Å². The van der Waals surface area contributed by atoms with Crippen LogP contribution in [0.4, 0.5) is 0 Å². The molecule has 0 amide bonds. The zero-order valence-electron chi connectivity index (χ0n) is 13.2. The fraction of sp³-hybridized carbons (Fsp3) is 1.00. The molecule has 0 aromatic rings. The van der Waals surface area contributed by atoms with Gasteiger partial charge in [-0.2, -0.15) is 0 Å². The SMILES string of the molecule is CCCCC(CC)CC1CC(CC)CCC1NC. The zero-order chi connectivity index (χ0) is 13.4. The lowest BCUT2D eigenvalue weighted by atomic mass is 9.72. The van der Waals surface area contributed by atoms with Crippen molar-refractivity contribution < 1.29 is 0 Å². The van der Waals surface area contributed by atoms with Gasteiger partial charge in [0.2, 0.25) is 0 Å². The summed E-state index contributed by atoms with van der Waals surface area (Å²) in [5.41, 5.74) is 0.